The van der Waals surface area contributed by atoms with Crippen LogP contribution in [0.15, 0.2) is 30.3 Å². The first kappa shape index (κ1) is 19.4. The largest absolute Gasteiger partial charge is 0.493 e. The summed E-state index contributed by atoms with van der Waals surface area (Å²) in [7, 11) is 3.09. The Labute approximate surface area is 167 Å². The molecule has 0 bridgehead atoms. The van der Waals surface area contributed by atoms with E-state index >= 15 is 0 Å². The maximum atomic E-state index is 12.4. The van der Waals surface area contributed by atoms with Gasteiger partial charge < -0.3 is 19.8 Å². The van der Waals surface area contributed by atoms with Crippen molar-refractivity contribution < 1.29 is 14.3 Å². The van der Waals surface area contributed by atoms with Gasteiger partial charge >= 0.3 is 0 Å². The molecule has 0 saturated heterocycles. The topological polar surface area (TPSA) is 63.3 Å². The third-order valence-electron chi connectivity index (χ3n) is 4.48. The van der Waals surface area contributed by atoms with Gasteiger partial charge in [0.15, 0.2) is 11.5 Å². The van der Waals surface area contributed by atoms with Crippen molar-refractivity contribution in [2.75, 3.05) is 20.8 Å². The minimum Gasteiger partial charge on any atom is -0.493 e. The summed E-state index contributed by atoms with van der Waals surface area (Å²) in [4.78, 5) is 15.7. The monoisotopic (exact) mass is 406 g/mol. The zero-order valence-electron chi connectivity index (χ0n) is 15.3. The fraction of sp³-hybridized carbons (Fsp3) is 0.250. The van der Waals surface area contributed by atoms with Crippen molar-refractivity contribution in [3.63, 3.8) is 0 Å². The Balaban J connectivity index is 1.74. The molecule has 1 amide bonds. The minimum absolute atomic E-state index is 0.183. The van der Waals surface area contributed by atoms with Crippen LogP contribution in [0.1, 0.15) is 21.6 Å². The molecular formula is C20H20Cl2N2O3. The van der Waals surface area contributed by atoms with Crippen LogP contribution in [-0.4, -0.2) is 31.7 Å². The predicted molar refractivity (Wildman–Crippen MR) is 109 cm³/mol. The number of carbonyl (C=O) groups is 1. The van der Waals surface area contributed by atoms with E-state index < -0.39 is 0 Å². The van der Waals surface area contributed by atoms with Crippen molar-refractivity contribution in [3.05, 3.63) is 57.2 Å². The smallest absolute Gasteiger partial charge is 0.251 e. The number of ether oxygens (including phenoxy) is 2. The normalized spacial score (nSPS) is 10.9. The fourth-order valence-electron chi connectivity index (χ4n) is 3.11. The lowest BCUT2D eigenvalue weighted by Gasteiger charge is -2.10. The summed E-state index contributed by atoms with van der Waals surface area (Å²) in [5, 5.41) is 5.09. The third-order valence-corrected chi connectivity index (χ3v) is 5.11. The van der Waals surface area contributed by atoms with Crippen molar-refractivity contribution in [3.8, 4) is 11.5 Å². The van der Waals surface area contributed by atoms with Crippen LogP contribution in [0.25, 0.3) is 10.9 Å². The number of halogens is 2. The Kier molecular flexibility index (Phi) is 5.82. The first-order valence-electron chi connectivity index (χ1n) is 8.41. The molecule has 1 heterocycles. The predicted octanol–water partition coefficient (Wildman–Crippen LogP) is 4.77. The quantitative estimate of drug-likeness (QED) is 0.619. The molecule has 1 aromatic heterocycles. The van der Waals surface area contributed by atoms with Crippen LogP contribution in [0.4, 0.5) is 0 Å². The highest BCUT2D eigenvalue weighted by Gasteiger charge is 2.15. The van der Waals surface area contributed by atoms with Crippen LogP contribution in [0.2, 0.25) is 10.0 Å². The highest BCUT2D eigenvalue weighted by molar-refractivity contribution is 6.40. The Bertz CT molecular complexity index is 999. The van der Waals surface area contributed by atoms with E-state index in [1.165, 1.54) is 7.11 Å². The summed E-state index contributed by atoms with van der Waals surface area (Å²) in [6.45, 7) is 2.43. The summed E-state index contributed by atoms with van der Waals surface area (Å²) < 4.78 is 10.4. The SMILES string of the molecule is COc1ccc(C(=O)NCCc2c(C)[nH]c3c(Cl)ccc(Cl)c23)cc1OC. The highest BCUT2D eigenvalue weighted by atomic mass is 35.5. The number of nitrogens with one attached hydrogen (secondary N) is 2. The molecule has 0 unspecified atom stereocenters. The molecule has 0 saturated carbocycles. The van der Waals surface area contributed by atoms with E-state index in [4.69, 9.17) is 32.7 Å². The van der Waals surface area contributed by atoms with E-state index in [0.29, 0.717) is 40.1 Å². The van der Waals surface area contributed by atoms with Crippen molar-refractivity contribution in [2.45, 2.75) is 13.3 Å². The number of rotatable bonds is 6. The molecule has 0 aliphatic rings. The van der Waals surface area contributed by atoms with E-state index in [1.807, 2.05) is 6.92 Å². The number of benzene rings is 2. The molecule has 2 aromatic carbocycles. The van der Waals surface area contributed by atoms with Crippen molar-refractivity contribution >= 4 is 40.0 Å². The van der Waals surface area contributed by atoms with Crippen LogP contribution in [-0.2, 0) is 6.42 Å². The molecule has 3 rings (SSSR count). The molecule has 27 heavy (non-hydrogen) atoms. The van der Waals surface area contributed by atoms with Gasteiger partial charge in [0.25, 0.3) is 5.91 Å². The van der Waals surface area contributed by atoms with Crippen LogP contribution in [0, 0.1) is 6.92 Å². The van der Waals surface area contributed by atoms with Crippen molar-refractivity contribution in [1.82, 2.24) is 10.3 Å². The van der Waals surface area contributed by atoms with E-state index in [2.05, 4.69) is 10.3 Å². The Morgan fingerprint density at radius 2 is 1.78 bits per heavy atom. The lowest BCUT2D eigenvalue weighted by Crippen LogP contribution is -2.25. The number of carbonyl (C=O) groups excluding carboxylic acids is 1. The zero-order valence-corrected chi connectivity index (χ0v) is 16.8. The second kappa shape index (κ2) is 8.11. The molecule has 0 aliphatic heterocycles. The van der Waals surface area contributed by atoms with Gasteiger partial charge in [-0.3, -0.25) is 4.79 Å². The first-order chi connectivity index (χ1) is 13.0. The van der Waals surface area contributed by atoms with Gasteiger partial charge in [-0.05, 0) is 49.2 Å². The number of methoxy groups -OCH3 is 2. The summed E-state index contributed by atoms with van der Waals surface area (Å²) in [5.74, 6) is 0.909. The molecule has 0 spiro atoms. The van der Waals surface area contributed by atoms with Gasteiger partial charge in [0.05, 0.1) is 29.8 Å². The van der Waals surface area contributed by atoms with Crippen molar-refractivity contribution in [2.24, 2.45) is 0 Å². The van der Waals surface area contributed by atoms with Gasteiger partial charge in [0.2, 0.25) is 0 Å². The van der Waals surface area contributed by atoms with Crippen LogP contribution >= 0.6 is 23.2 Å². The minimum atomic E-state index is -0.183. The zero-order chi connectivity index (χ0) is 19.6. The summed E-state index contributed by atoms with van der Waals surface area (Å²) >= 11 is 12.6. The van der Waals surface area contributed by atoms with E-state index in [-0.39, 0.29) is 5.91 Å². The number of aromatic nitrogens is 1. The Morgan fingerprint density at radius 1 is 1.07 bits per heavy atom. The number of aromatic amines is 1. The van der Waals surface area contributed by atoms with Crippen LogP contribution < -0.4 is 14.8 Å². The molecule has 0 radical (unpaired) electrons. The molecule has 3 aromatic rings. The number of hydrogen-bond acceptors (Lipinski definition) is 3. The molecule has 0 aliphatic carbocycles. The van der Waals surface area contributed by atoms with Gasteiger partial charge in [0.1, 0.15) is 0 Å². The lowest BCUT2D eigenvalue weighted by atomic mass is 10.1. The lowest BCUT2D eigenvalue weighted by molar-refractivity contribution is 0.0953. The fourth-order valence-corrected chi connectivity index (χ4v) is 3.59. The number of H-pyrrole nitrogens is 1. The van der Waals surface area contributed by atoms with Gasteiger partial charge in [-0.25, -0.2) is 0 Å². The number of hydrogen-bond donors (Lipinski definition) is 2. The average Bonchev–Trinajstić information content (AvgIpc) is 3.01. The molecule has 0 atom stereocenters. The molecular weight excluding hydrogens is 387 g/mol. The third kappa shape index (κ3) is 3.84. The second-order valence-electron chi connectivity index (χ2n) is 6.08. The Hall–Kier alpha value is -2.37. The molecule has 2 N–H and O–H groups in total. The Morgan fingerprint density at radius 3 is 2.48 bits per heavy atom. The van der Waals surface area contributed by atoms with Crippen LogP contribution in [0.5, 0.6) is 11.5 Å². The van der Waals surface area contributed by atoms with Gasteiger partial charge in [-0.15, -0.1) is 0 Å². The van der Waals surface area contributed by atoms with E-state index in [1.54, 1.807) is 37.4 Å². The summed E-state index contributed by atoms with van der Waals surface area (Å²) in [6.07, 6.45) is 0.630. The number of amides is 1. The average molecular weight is 407 g/mol. The van der Waals surface area contributed by atoms with E-state index in [9.17, 15) is 4.79 Å². The van der Waals surface area contributed by atoms with Gasteiger partial charge in [-0.2, -0.15) is 0 Å². The first-order valence-corrected chi connectivity index (χ1v) is 9.17. The van der Waals surface area contributed by atoms with Gasteiger partial charge in [-0.1, -0.05) is 23.2 Å². The second-order valence-corrected chi connectivity index (χ2v) is 6.90. The number of fused-ring (bicyclic) bond motifs is 1. The maximum Gasteiger partial charge on any atom is 0.251 e. The molecule has 5 nitrogen and oxygen atoms in total. The van der Waals surface area contributed by atoms with Crippen LogP contribution in [0.3, 0.4) is 0 Å². The summed E-state index contributed by atoms with van der Waals surface area (Å²) in [6, 6.07) is 8.61. The molecule has 7 heteroatoms. The highest BCUT2D eigenvalue weighted by Crippen LogP contribution is 2.34. The van der Waals surface area contributed by atoms with Crippen molar-refractivity contribution in [1.29, 1.82) is 0 Å². The molecule has 0 fully saturated rings. The van der Waals surface area contributed by atoms with Gasteiger partial charge in [0, 0.05) is 23.2 Å². The molecule has 142 valence electrons. The summed E-state index contributed by atoms with van der Waals surface area (Å²) in [5.41, 5.74) is 3.36. The maximum absolute atomic E-state index is 12.4. The standard InChI is InChI=1S/C20H20Cl2N2O3/c1-11-13(18-14(21)5-6-15(22)19(18)24-11)8-9-23-20(25)12-4-7-16(26-2)17(10-12)27-3/h4-7,10,24H,8-9H2,1-3H3,(H,23,25). The van der Waals surface area contributed by atoms with E-state index in [0.717, 1.165) is 22.2 Å². The number of aryl methyl sites for hydroxylation is 1.